The van der Waals surface area contributed by atoms with Crippen LogP contribution in [0.25, 0.3) is 0 Å². The van der Waals surface area contributed by atoms with E-state index < -0.39 is 12.0 Å². The molecule has 116 valence electrons. The van der Waals surface area contributed by atoms with Crippen molar-refractivity contribution < 1.29 is 14.6 Å². The van der Waals surface area contributed by atoms with Crippen LogP contribution in [-0.2, 0) is 4.79 Å². The van der Waals surface area contributed by atoms with E-state index in [9.17, 15) is 9.90 Å². The van der Waals surface area contributed by atoms with E-state index in [1.54, 1.807) is 37.6 Å². The van der Waals surface area contributed by atoms with Crippen molar-refractivity contribution in [2.75, 3.05) is 7.11 Å². The number of ether oxygens (including phenoxy) is 1. The Balaban J connectivity index is 1.72. The van der Waals surface area contributed by atoms with Gasteiger partial charge < -0.3 is 15.2 Å². The van der Waals surface area contributed by atoms with Crippen LogP contribution in [0.15, 0.2) is 35.8 Å². The Bertz CT molecular complexity index is 641. The van der Waals surface area contributed by atoms with Gasteiger partial charge in [0.2, 0.25) is 0 Å². The molecule has 1 fully saturated rings. The van der Waals surface area contributed by atoms with Gasteiger partial charge in [-0.3, -0.25) is 4.79 Å². The first-order valence-corrected chi connectivity index (χ1v) is 8.09. The first kappa shape index (κ1) is 15.0. The molecule has 0 spiro atoms. The van der Waals surface area contributed by atoms with Crippen LogP contribution in [-0.4, -0.2) is 23.1 Å². The highest BCUT2D eigenvalue weighted by atomic mass is 32.1. The number of amides is 1. The zero-order valence-corrected chi connectivity index (χ0v) is 13.0. The van der Waals surface area contributed by atoms with Crippen molar-refractivity contribution in [1.82, 2.24) is 10.3 Å². The van der Waals surface area contributed by atoms with Crippen molar-refractivity contribution in [2.24, 2.45) is 5.92 Å². The van der Waals surface area contributed by atoms with Crippen LogP contribution in [0.1, 0.15) is 35.6 Å². The number of nitrogens with zero attached hydrogens (tertiary/aromatic N) is 1. The van der Waals surface area contributed by atoms with Gasteiger partial charge in [-0.2, -0.15) is 0 Å². The zero-order chi connectivity index (χ0) is 15.5. The SMILES string of the molecule is COc1cccc(C(O)C(=O)NC(c2nccs2)C2CC2)c1. The third-order valence-corrected chi connectivity index (χ3v) is 4.63. The summed E-state index contributed by atoms with van der Waals surface area (Å²) in [6.07, 6.45) is 2.69. The highest BCUT2D eigenvalue weighted by Crippen LogP contribution is 2.41. The first-order chi connectivity index (χ1) is 10.7. The number of rotatable bonds is 6. The number of aliphatic hydroxyl groups excluding tert-OH is 1. The Morgan fingerprint density at radius 2 is 2.32 bits per heavy atom. The topological polar surface area (TPSA) is 71.5 Å². The third-order valence-electron chi connectivity index (χ3n) is 3.77. The number of carbonyl (C=O) groups is 1. The molecule has 0 bridgehead atoms. The van der Waals surface area contributed by atoms with Crippen molar-refractivity contribution in [1.29, 1.82) is 0 Å². The summed E-state index contributed by atoms with van der Waals surface area (Å²) >= 11 is 1.53. The molecule has 2 aromatic rings. The van der Waals surface area contributed by atoms with E-state index in [1.165, 1.54) is 11.3 Å². The Kier molecular flexibility index (Phi) is 4.40. The quantitative estimate of drug-likeness (QED) is 0.858. The maximum Gasteiger partial charge on any atom is 0.254 e. The zero-order valence-electron chi connectivity index (χ0n) is 12.2. The van der Waals surface area contributed by atoms with Crippen molar-refractivity contribution in [3.63, 3.8) is 0 Å². The summed E-state index contributed by atoms with van der Waals surface area (Å²) in [5, 5.41) is 16.0. The molecule has 1 saturated carbocycles. The fourth-order valence-corrected chi connectivity index (χ4v) is 3.17. The summed E-state index contributed by atoms with van der Waals surface area (Å²) in [5.74, 6) is 0.635. The van der Waals surface area contributed by atoms with Crippen LogP contribution in [0, 0.1) is 5.92 Å². The Hall–Kier alpha value is -1.92. The molecule has 1 heterocycles. The lowest BCUT2D eigenvalue weighted by Gasteiger charge is -2.19. The fourth-order valence-electron chi connectivity index (χ4n) is 2.39. The predicted molar refractivity (Wildman–Crippen MR) is 83.7 cm³/mol. The van der Waals surface area contributed by atoms with E-state index in [0.29, 0.717) is 17.2 Å². The number of hydrogen-bond donors (Lipinski definition) is 2. The Morgan fingerprint density at radius 3 is 2.95 bits per heavy atom. The van der Waals surface area contributed by atoms with E-state index in [4.69, 9.17) is 4.74 Å². The summed E-state index contributed by atoms with van der Waals surface area (Å²) in [7, 11) is 1.55. The van der Waals surface area contributed by atoms with E-state index in [-0.39, 0.29) is 6.04 Å². The van der Waals surface area contributed by atoms with Crippen molar-refractivity contribution in [3.8, 4) is 5.75 Å². The average Bonchev–Trinajstić information content (AvgIpc) is 3.25. The molecule has 2 unspecified atom stereocenters. The second-order valence-electron chi connectivity index (χ2n) is 5.37. The van der Waals surface area contributed by atoms with Crippen molar-refractivity contribution in [3.05, 3.63) is 46.4 Å². The lowest BCUT2D eigenvalue weighted by atomic mass is 10.1. The minimum atomic E-state index is -1.21. The van der Waals surface area contributed by atoms with Gasteiger partial charge >= 0.3 is 0 Å². The standard InChI is InChI=1S/C16H18N2O3S/c1-21-12-4-2-3-11(9-12)14(19)15(20)18-13(10-5-6-10)16-17-7-8-22-16/h2-4,7-10,13-14,19H,5-6H2,1H3,(H,18,20). The van der Waals surface area contributed by atoms with Gasteiger partial charge in [-0.25, -0.2) is 4.98 Å². The molecule has 0 aliphatic heterocycles. The number of thiazole rings is 1. The number of nitrogens with one attached hydrogen (secondary N) is 1. The molecule has 6 heteroatoms. The van der Waals surface area contributed by atoms with E-state index in [2.05, 4.69) is 10.3 Å². The van der Waals surface area contributed by atoms with Gasteiger partial charge in [-0.15, -0.1) is 11.3 Å². The van der Waals surface area contributed by atoms with Crippen LogP contribution < -0.4 is 10.1 Å². The number of hydrogen-bond acceptors (Lipinski definition) is 5. The van der Waals surface area contributed by atoms with Crippen LogP contribution in [0.5, 0.6) is 5.75 Å². The van der Waals surface area contributed by atoms with Crippen LogP contribution in [0.4, 0.5) is 0 Å². The van der Waals surface area contributed by atoms with Gasteiger partial charge in [0, 0.05) is 11.6 Å². The molecule has 0 saturated heterocycles. The minimum Gasteiger partial charge on any atom is -0.497 e. The number of methoxy groups -OCH3 is 1. The van der Waals surface area contributed by atoms with E-state index in [0.717, 1.165) is 17.8 Å². The largest absolute Gasteiger partial charge is 0.497 e. The molecule has 1 aromatic heterocycles. The van der Waals surface area contributed by atoms with Gasteiger partial charge in [0.25, 0.3) is 5.91 Å². The van der Waals surface area contributed by atoms with E-state index >= 15 is 0 Å². The summed E-state index contributed by atoms with van der Waals surface area (Å²) < 4.78 is 5.12. The molecule has 0 radical (unpaired) electrons. The predicted octanol–water partition coefficient (Wildman–Crippen LogP) is 2.45. The molecular weight excluding hydrogens is 300 g/mol. The molecule has 5 nitrogen and oxygen atoms in total. The highest BCUT2D eigenvalue weighted by Gasteiger charge is 2.36. The van der Waals surface area contributed by atoms with Gasteiger partial charge in [-0.05, 0) is 36.5 Å². The van der Waals surface area contributed by atoms with Crippen molar-refractivity contribution in [2.45, 2.75) is 25.0 Å². The Labute approximate surface area is 133 Å². The lowest BCUT2D eigenvalue weighted by molar-refractivity contribution is -0.130. The number of aromatic nitrogens is 1. The summed E-state index contributed by atoms with van der Waals surface area (Å²) in [6, 6.07) is 6.80. The summed E-state index contributed by atoms with van der Waals surface area (Å²) in [4.78, 5) is 16.6. The molecular formula is C16H18N2O3S. The third kappa shape index (κ3) is 3.28. The maximum absolute atomic E-state index is 12.4. The lowest BCUT2D eigenvalue weighted by Crippen LogP contribution is -2.34. The fraction of sp³-hybridized carbons (Fsp3) is 0.375. The summed E-state index contributed by atoms with van der Waals surface area (Å²) in [6.45, 7) is 0. The minimum absolute atomic E-state index is 0.104. The van der Waals surface area contributed by atoms with Gasteiger partial charge in [0.1, 0.15) is 10.8 Å². The van der Waals surface area contributed by atoms with Gasteiger partial charge in [0.05, 0.1) is 13.2 Å². The molecule has 1 aliphatic rings. The monoisotopic (exact) mass is 318 g/mol. The molecule has 1 aliphatic carbocycles. The van der Waals surface area contributed by atoms with Crippen LogP contribution >= 0.6 is 11.3 Å². The van der Waals surface area contributed by atoms with Crippen LogP contribution in [0.2, 0.25) is 0 Å². The maximum atomic E-state index is 12.4. The van der Waals surface area contributed by atoms with Crippen molar-refractivity contribution >= 4 is 17.2 Å². The second kappa shape index (κ2) is 6.46. The van der Waals surface area contributed by atoms with E-state index in [1.807, 2.05) is 5.38 Å². The molecule has 2 N–H and O–H groups in total. The smallest absolute Gasteiger partial charge is 0.254 e. The Morgan fingerprint density at radius 1 is 1.50 bits per heavy atom. The number of carbonyl (C=O) groups excluding carboxylic acids is 1. The number of aliphatic hydroxyl groups is 1. The summed E-state index contributed by atoms with van der Waals surface area (Å²) in [5.41, 5.74) is 0.519. The van der Waals surface area contributed by atoms with Gasteiger partial charge in [0.15, 0.2) is 6.10 Å². The first-order valence-electron chi connectivity index (χ1n) is 7.21. The molecule has 22 heavy (non-hydrogen) atoms. The molecule has 2 atom stereocenters. The van der Waals surface area contributed by atoms with Crippen LogP contribution in [0.3, 0.4) is 0 Å². The molecule has 1 aromatic carbocycles. The number of benzene rings is 1. The average molecular weight is 318 g/mol. The molecule has 1 amide bonds. The highest BCUT2D eigenvalue weighted by molar-refractivity contribution is 7.09. The van der Waals surface area contributed by atoms with Gasteiger partial charge in [-0.1, -0.05) is 12.1 Å². The second-order valence-corrected chi connectivity index (χ2v) is 6.30. The normalized spacial score (nSPS) is 16.8. The molecule has 3 rings (SSSR count).